The molecule has 0 aliphatic carbocycles. The smallest absolute Gasteiger partial charge is 0.323 e. The molecule has 1 aromatic heterocycles. The standard InChI is InChI=1S/C23H20N4O3/c1-2-29-20-14-12-19(13-15-20)25-23(28)24-18-10-8-17(9-11-18)22-27-26-21(30-22)16-6-4-3-5-7-16/h3-15H,2H2,1H3,(H2,24,25,28). The molecule has 0 atom stereocenters. The molecule has 0 radical (unpaired) electrons. The van der Waals surface area contributed by atoms with Gasteiger partial charge in [-0.15, -0.1) is 10.2 Å². The first-order valence-electron chi connectivity index (χ1n) is 9.51. The van der Waals surface area contributed by atoms with Crippen LogP contribution < -0.4 is 15.4 Å². The normalized spacial score (nSPS) is 10.4. The van der Waals surface area contributed by atoms with E-state index in [-0.39, 0.29) is 6.03 Å². The van der Waals surface area contributed by atoms with Gasteiger partial charge in [0.25, 0.3) is 0 Å². The number of aromatic nitrogens is 2. The van der Waals surface area contributed by atoms with Gasteiger partial charge in [0.15, 0.2) is 0 Å². The minimum absolute atomic E-state index is 0.337. The van der Waals surface area contributed by atoms with Crippen molar-refractivity contribution in [2.45, 2.75) is 6.92 Å². The Morgan fingerprint density at radius 3 is 1.90 bits per heavy atom. The third-order valence-electron chi connectivity index (χ3n) is 4.26. The van der Waals surface area contributed by atoms with E-state index in [0.29, 0.717) is 29.8 Å². The van der Waals surface area contributed by atoms with Crippen LogP contribution in [0.5, 0.6) is 5.75 Å². The Bertz CT molecular complexity index is 1110. The zero-order chi connectivity index (χ0) is 20.8. The Labute approximate surface area is 173 Å². The minimum Gasteiger partial charge on any atom is -0.494 e. The first-order chi connectivity index (χ1) is 14.7. The minimum atomic E-state index is -0.337. The lowest BCUT2D eigenvalue weighted by Crippen LogP contribution is -2.19. The largest absolute Gasteiger partial charge is 0.494 e. The van der Waals surface area contributed by atoms with Crippen LogP contribution in [0.2, 0.25) is 0 Å². The summed E-state index contributed by atoms with van der Waals surface area (Å²) in [7, 11) is 0. The molecule has 4 rings (SSSR count). The van der Waals surface area contributed by atoms with Gasteiger partial charge < -0.3 is 19.8 Å². The molecule has 0 fully saturated rings. The molecule has 1 heterocycles. The highest BCUT2D eigenvalue weighted by Gasteiger charge is 2.10. The summed E-state index contributed by atoms with van der Waals surface area (Å²) in [5, 5.41) is 13.8. The van der Waals surface area contributed by atoms with Gasteiger partial charge in [0, 0.05) is 22.5 Å². The van der Waals surface area contributed by atoms with Gasteiger partial charge in [-0.05, 0) is 67.6 Å². The topological polar surface area (TPSA) is 89.3 Å². The molecule has 0 saturated heterocycles. The summed E-state index contributed by atoms with van der Waals surface area (Å²) < 4.78 is 11.1. The number of ether oxygens (including phenoxy) is 1. The summed E-state index contributed by atoms with van der Waals surface area (Å²) >= 11 is 0. The SMILES string of the molecule is CCOc1ccc(NC(=O)Nc2ccc(-c3nnc(-c4ccccc4)o3)cc2)cc1. The number of hydrogen-bond donors (Lipinski definition) is 2. The molecule has 4 aromatic rings. The summed E-state index contributed by atoms with van der Waals surface area (Å²) in [5.41, 5.74) is 2.94. The number of nitrogens with zero attached hydrogens (tertiary/aromatic N) is 2. The van der Waals surface area contributed by atoms with Crippen molar-refractivity contribution in [1.82, 2.24) is 10.2 Å². The Balaban J connectivity index is 1.38. The van der Waals surface area contributed by atoms with Gasteiger partial charge in [-0.1, -0.05) is 18.2 Å². The fraction of sp³-hybridized carbons (Fsp3) is 0.0870. The lowest BCUT2D eigenvalue weighted by molar-refractivity contribution is 0.262. The van der Waals surface area contributed by atoms with Crippen molar-refractivity contribution in [1.29, 1.82) is 0 Å². The molecular weight excluding hydrogens is 380 g/mol. The predicted molar refractivity (Wildman–Crippen MR) is 115 cm³/mol. The molecule has 7 heteroatoms. The predicted octanol–water partition coefficient (Wildman–Crippen LogP) is 5.45. The first kappa shape index (κ1) is 19.2. The zero-order valence-corrected chi connectivity index (χ0v) is 16.3. The Morgan fingerprint density at radius 2 is 1.33 bits per heavy atom. The van der Waals surface area contributed by atoms with Gasteiger partial charge in [-0.3, -0.25) is 0 Å². The molecule has 0 aliphatic heterocycles. The van der Waals surface area contributed by atoms with E-state index in [4.69, 9.17) is 9.15 Å². The van der Waals surface area contributed by atoms with E-state index in [1.165, 1.54) is 0 Å². The van der Waals surface area contributed by atoms with Crippen LogP contribution in [0.4, 0.5) is 16.2 Å². The second kappa shape index (κ2) is 8.91. The maximum Gasteiger partial charge on any atom is 0.323 e. The van der Waals surface area contributed by atoms with Gasteiger partial charge in [0.2, 0.25) is 11.8 Å². The number of anilines is 2. The number of urea groups is 1. The van der Waals surface area contributed by atoms with E-state index in [1.807, 2.05) is 61.5 Å². The van der Waals surface area contributed by atoms with Gasteiger partial charge in [-0.25, -0.2) is 4.79 Å². The lowest BCUT2D eigenvalue weighted by atomic mass is 10.2. The second-order valence-electron chi connectivity index (χ2n) is 6.39. The molecule has 30 heavy (non-hydrogen) atoms. The average molecular weight is 400 g/mol. The molecular formula is C23H20N4O3. The quantitative estimate of drug-likeness (QED) is 0.449. The molecule has 150 valence electrons. The number of hydrogen-bond acceptors (Lipinski definition) is 5. The van der Waals surface area contributed by atoms with Crippen LogP contribution in [-0.4, -0.2) is 22.8 Å². The van der Waals surface area contributed by atoms with Crippen LogP contribution in [0.3, 0.4) is 0 Å². The fourth-order valence-corrected chi connectivity index (χ4v) is 2.83. The van der Waals surface area contributed by atoms with Crippen molar-refractivity contribution in [3.05, 3.63) is 78.9 Å². The lowest BCUT2D eigenvalue weighted by Gasteiger charge is -2.09. The zero-order valence-electron chi connectivity index (χ0n) is 16.3. The highest BCUT2D eigenvalue weighted by molar-refractivity contribution is 5.99. The second-order valence-corrected chi connectivity index (χ2v) is 6.39. The molecule has 7 nitrogen and oxygen atoms in total. The van der Waals surface area contributed by atoms with Crippen molar-refractivity contribution in [2.24, 2.45) is 0 Å². The molecule has 0 unspecified atom stereocenters. The molecule has 2 amide bonds. The van der Waals surface area contributed by atoms with Crippen LogP contribution in [-0.2, 0) is 0 Å². The monoisotopic (exact) mass is 400 g/mol. The Hall–Kier alpha value is -4.13. The Kier molecular flexibility index (Phi) is 5.70. The number of nitrogens with one attached hydrogen (secondary N) is 2. The van der Waals surface area contributed by atoms with Crippen molar-refractivity contribution in [2.75, 3.05) is 17.2 Å². The third kappa shape index (κ3) is 4.64. The molecule has 0 bridgehead atoms. The van der Waals surface area contributed by atoms with Gasteiger partial charge in [0.1, 0.15) is 5.75 Å². The van der Waals surface area contributed by atoms with Crippen LogP contribution in [0.25, 0.3) is 22.9 Å². The van der Waals surface area contributed by atoms with Crippen molar-refractivity contribution >= 4 is 17.4 Å². The number of amides is 2. The third-order valence-corrected chi connectivity index (χ3v) is 4.26. The van der Waals surface area contributed by atoms with Gasteiger partial charge in [0.05, 0.1) is 6.61 Å². The average Bonchev–Trinajstić information content (AvgIpc) is 3.27. The molecule has 0 saturated carbocycles. The van der Waals surface area contributed by atoms with Crippen molar-refractivity contribution in [3.8, 4) is 28.7 Å². The summed E-state index contributed by atoms with van der Waals surface area (Å²) in [4.78, 5) is 12.2. The highest BCUT2D eigenvalue weighted by Crippen LogP contribution is 2.25. The number of rotatable bonds is 6. The molecule has 2 N–H and O–H groups in total. The van der Waals surface area contributed by atoms with E-state index in [9.17, 15) is 4.79 Å². The summed E-state index contributed by atoms with van der Waals surface area (Å²) in [6.45, 7) is 2.52. The van der Waals surface area contributed by atoms with E-state index >= 15 is 0 Å². The number of carbonyl (C=O) groups excluding carboxylic acids is 1. The van der Waals surface area contributed by atoms with E-state index in [2.05, 4.69) is 20.8 Å². The van der Waals surface area contributed by atoms with Crippen LogP contribution in [0, 0.1) is 0 Å². The molecule has 0 spiro atoms. The van der Waals surface area contributed by atoms with E-state index in [0.717, 1.165) is 16.9 Å². The summed E-state index contributed by atoms with van der Waals surface area (Å²) in [6.07, 6.45) is 0. The molecule has 3 aromatic carbocycles. The maximum atomic E-state index is 12.2. The maximum absolute atomic E-state index is 12.2. The van der Waals surface area contributed by atoms with Crippen LogP contribution in [0.1, 0.15) is 6.92 Å². The number of benzene rings is 3. The number of carbonyl (C=O) groups is 1. The Morgan fingerprint density at radius 1 is 0.800 bits per heavy atom. The molecule has 0 aliphatic rings. The first-order valence-corrected chi connectivity index (χ1v) is 9.51. The van der Waals surface area contributed by atoms with Gasteiger partial charge in [-0.2, -0.15) is 0 Å². The van der Waals surface area contributed by atoms with Crippen LogP contribution in [0.15, 0.2) is 83.3 Å². The highest BCUT2D eigenvalue weighted by atomic mass is 16.5. The van der Waals surface area contributed by atoms with Gasteiger partial charge >= 0.3 is 6.03 Å². The summed E-state index contributed by atoms with van der Waals surface area (Å²) in [5.74, 6) is 1.64. The van der Waals surface area contributed by atoms with Crippen molar-refractivity contribution in [3.63, 3.8) is 0 Å². The van der Waals surface area contributed by atoms with Crippen molar-refractivity contribution < 1.29 is 13.9 Å². The van der Waals surface area contributed by atoms with E-state index in [1.54, 1.807) is 24.3 Å². The van der Waals surface area contributed by atoms with Crippen LogP contribution >= 0.6 is 0 Å². The fourth-order valence-electron chi connectivity index (χ4n) is 2.83. The van der Waals surface area contributed by atoms with E-state index < -0.39 is 0 Å². The summed E-state index contributed by atoms with van der Waals surface area (Å²) in [6, 6.07) is 23.6.